The maximum Gasteiger partial charge on any atom is 1.00 e. The molecule has 21 heavy (non-hydrogen) atoms. The third kappa shape index (κ3) is 5.99. The van der Waals surface area contributed by atoms with Crippen molar-refractivity contribution in [3.63, 3.8) is 0 Å². The monoisotopic (exact) mass is 346 g/mol. The fourth-order valence-corrected chi connectivity index (χ4v) is 2.49. The number of carboxylic acids is 1. The maximum atomic E-state index is 11.8. The van der Waals surface area contributed by atoms with Gasteiger partial charge in [0.15, 0.2) is 11.5 Å². The quantitative estimate of drug-likeness (QED) is 0.224. The largest absolute Gasteiger partial charge is 1.00 e. The number of aromatic nitrogens is 2. The van der Waals surface area contributed by atoms with Crippen LogP contribution in [0.15, 0.2) is 5.16 Å². The number of anilines is 1. The third-order valence-corrected chi connectivity index (χ3v) is 4.06. The van der Waals surface area contributed by atoms with E-state index in [2.05, 4.69) is 33.5 Å². The second kappa shape index (κ2) is 9.46. The van der Waals surface area contributed by atoms with Crippen LogP contribution in [-0.4, -0.2) is 41.9 Å². The predicted molar refractivity (Wildman–Crippen MR) is 68.3 cm³/mol. The molecule has 1 rings (SSSR count). The Morgan fingerprint density at radius 3 is 2.57 bits per heavy atom. The molecule has 1 aromatic heterocycles. The van der Waals surface area contributed by atoms with Gasteiger partial charge < -0.3 is 14.7 Å². The summed E-state index contributed by atoms with van der Waals surface area (Å²) in [6.45, 7) is 1.81. The Labute approximate surface area is 146 Å². The Hall–Kier alpha value is -0.550. The van der Waals surface area contributed by atoms with Crippen molar-refractivity contribution in [2.45, 2.75) is 6.92 Å². The molecular weight excluding hydrogens is 334 g/mol. The molecule has 0 aliphatic heterocycles. The zero-order chi connectivity index (χ0) is 15.2. The van der Waals surface area contributed by atoms with Gasteiger partial charge in [-0.3, -0.25) is 14.1 Å². The number of oxime groups is 1. The van der Waals surface area contributed by atoms with Crippen molar-refractivity contribution in [3.8, 4) is 0 Å². The SMILES string of the molecule is CCO/N=C(\C(=O)[O-])c1nsc(NP(=O)(OC)OC)n1.[Na+]. The number of hydrogen-bond donors (Lipinski definition) is 1. The Morgan fingerprint density at radius 2 is 2.10 bits per heavy atom. The van der Waals surface area contributed by atoms with Crippen molar-refractivity contribution >= 4 is 36.1 Å². The molecular formula is C8H12N4NaO6PS. The fraction of sp³-hybridized carbons (Fsp3) is 0.500. The minimum Gasteiger partial charge on any atom is -0.543 e. The molecule has 112 valence electrons. The summed E-state index contributed by atoms with van der Waals surface area (Å²) < 4.78 is 24.9. The third-order valence-electron chi connectivity index (χ3n) is 1.83. The van der Waals surface area contributed by atoms with Crippen molar-refractivity contribution in [1.29, 1.82) is 0 Å². The second-order valence-corrected chi connectivity index (χ2v) is 5.74. The number of rotatable bonds is 8. The van der Waals surface area contributed by atoms with E-state index in [9.17, 15) is 14.5 Å². The van der Waals surface area contributed by atoms with Crippen molar-refractivity contribution in [2.24, 2.45) is 5.16 Å². The average molecular weight is 346 g/mol. The summed E-state index contributed by atoms with van der Waals surface area (Å²) in [6.07, 6.45) is 0. The first kappa shape index (κ1) is 20.5. The molecule has 0 atom stereocenters. The van der Waals surface area contributed by atoms with E-state index in [1.165, 1.54) is 14.2 Å². The standard InChI is InChI=1S/C8H13N4O6PS.Na/c1-4-18-10-5(7(13)14)6-9-8(20-12-6)11-19(15,16-2)17-3;/h4H2,1-3H3,(H,13,14)(H,9,11,12,15);/q;+1/p-1/b10-5-;. The number of nitrogens with zero attached hydrogens (tertiary/aromatic N) is 3. The molecule has 0 radical (unpaired) electrons. The van der Waals surface area contributed by atoms with Gasteiger partial charge in [-0.2, -0.15) is 9.36 Å². The van der Waals surface area contributed by atoms with Crippen LogP contribution in [0.25, 0.3) is 0 Å². The summed E-state index contributed by atoms with van der Waals surface area (Å²) in [5, 5.41) is 16.6. The molecule has 0 aromatic carbocycles. The van der Waals surface area contributed by atoms with E-state index in [4.69, 9.17) is 0 Å². The Kier molecular flexibility index (Phi) is 9.22. The number of aliphatic carboxylic acids is 1. The maximum absolute atomic E-state index is 11.8. The summed E-state index contributed by atoms with van der Waals surface area (Å²) in [5.41, 5.74) is -0.569. The van der Waals surface area contributed by atoms with Crippen molar-refractivity contribution in [1.82, 2.24) is 9.36 Å². The van der Waals surface area contributed by atoms with Crippen molar-refractivity contribution < 1.29 is 57.9 Å². The Bertz CT molecular complexity index is 545. The van der Waals surface area contributed by atoms with Gasteiger partial charge in [-0.25, -0.2) is 4.57 Å². The number of carbonyl (C=O) groups excluding carboxylic acids is 1. The van der Waals surface area contributed by atoms with Crippen LogP contribution in [0.1, 0.15) is 12.7 Å². The first-order valence-corrected chi connectivity index (χ1v) is 7.52. The van der Waals surface area contributed by atoms with E-state index in [0.717, 1.165) is 11.5 Å². The molecule has 0 saturated carbocycles. The van der Waals surface area contributed by atoms with Crippen LogP contribution < -0.4 is 39.8 Å². The summed E-state index contributed by atoms with van der Waals surface area (Å²) in [6, 6.07) is 0. The zero-order valence-corrected chi connectivity index (χ0v) is 15.6. The van der Waals surface area contributed by atoms with Gasteiger partial charge in [-0.05, 0) is 6.92 Å². The van der Waals surface area contributed by atoms with E-state index < -0.39 is 19.4 Å². The molecule has 0 aliphatic rings. The second-order valence-electron chi connectivity index (χ2n) is 3.04. The van der Waals surface area contributed by atoms with Gasteiger partial charge in [0.1, 0.15) is 6.61 Å². The topological polar surface area (TPSA) is 135 Å². The number of carboxylic acid groups (broad SMARTS) is 1. The number of carbonyl (C=O) groups is 1. The van der Waals surface area contributed by atoms with E-state index in [1.807, 2.05) is 0 Å². The van der Waals surface area contributed by atoms with Gasteiger partial charge in [0.05, 0.1) is 5.97 Å². The molecule has 0 fully saturated rings. The average Bonchev–Trinajstić information content (AvgIpc) is 2.86. The number of nitrogens with one attached hydrogen (secondary N) is 1. The molecule has 0 aliphatic carbocycles. The fourth-order valence-electron chi connectivity index (χ4n) is 0.947. The summed E-state index contributed by atoms with van der Waals surface area (Å²) >= 11 is 0.754. The molecule has 0 bridgehead atoms. The van der Waals surface area contributed by atoms with Crippen LogP contribution in [-0.2, 0) is 23.2 Å². The van der Waals surface area contributed by atoms with Gasteiger partial charge in [-0.15, -0.1) is 0 Å². The van der Waals surface area contributed by atoms with Crippen LogP contribution in [0.2, 0.25) is 0 Å². The minimum absolute atomic E-state index is 0. The molecule has 1 heterocycles. The zero-order valence-electron chi connectivity index (χ0n) is 11.9. The molecule has 10 nitrogen and oxygen atoms in total. The van der Waals surface area contributed by atoms with Gasteiger partial charge in [0.25, 0.3) is 0 Å². The molecule has 0 unspecified atom stereocenters. The van der Waals surface area contributed by atoms with Crippen LogP contribution in [0.3, 0.4) is 0 Å². The Balaban J connectivity index is 0.00000400. The van der Waals surface area contributed by atoms with Crippen molar-refractivity contribution in [3.05, 3.63) is 5.82 Å². The van der Waals surface area contributed by atoms with E-state index in [1.54, 1.807) is 6.92 Å². The first-order chi connectivity index (χ1) is 9.45. The van der Waals surface area contributed by atoms with Gasteiger partial charge in [-0.1, -0.05) is 5.16 Å². The van der Waals surface area contributed by atoms with E-state index in [0.29, 0.717) is 0 Å². The number of hydrogen-bond acceptors (Lipinski definition) is 10. The molecule has 1 N–H and O–H groups in total. The van der Waals surface area contributed by atoms with Crippen LogP contribution in [0.5, 0.6) is 0 Å². The van der Waals surface area contributed by atoms with Gasteiger partial charge >= 0.3 is 37.3 Å². The van der Waals surface area contributed by atoms with Crippen molar-refractivity contribution in [2.75, 3.05) is 25.9 Å². The van der Waals surface area contributed by atoms with Gasteiger partial charge in [0, 0.05) is 25.8 Å². The molecule has 1 aromatic rings. The smallest absolute Gasteiger partial charge is 0.543 e. The summed E-state index contributed by atoms with van der Waals surface area (Å²) in [7, 11) is -1.18. The summed E-state index contributed by atoms with van der Waals surface area (Å²) in [4.78, 5) is 19.3. The Morgan fingerprint density at radius 1 is 1.48 bits per heavy atom. The molecule has 0 amide bonds. The van der Waals surface area contributed by atoms with Crippen LogP contribution in [0.4, 0.5) is 5.13 Å². The predicted octanol–water partition coefficient (Wildman–Crippen LogP) is -3.15. The van der Waals surface area contributed by atoms with Crippen LogP contribution in [0, 0.1) is 0 Å². The summed E-state index contributed by atoms with van der Waals surface area (Å²) in [5.74, 6) is -1.82. The van der Waals surface area contributed by atoms with E-state index in [-0.39, 0.29) is 47.1 Å². The van der Waals surface area contributed by atoms with E-state index >= 15 is 0 Å². The normalized spacial score (nSPS) is 11.7. The minimum atomic E-state index is -3.54. The first-order valence-electron chi connectivity index (χ1n) is 5.21. The molecule has 13 heteroatoms. The molecule has 0 saturated heterocycles. The van der Waals surface area contributed by atoms with Crippen LogP contribution >= 0.6 is 19.3 Å². The molecule has 0 spiro atoms. The van der Waals surface area contributed by atoms with Gasteiger partial charge in [0.2, 0.25) is 5.13 Å².